The van der Waals surface area contributed by atoms with Crippen molar-refractivity contribution >= 4 is 0 Å². The van der Waals surface area contributed by atoms with Gasteiger partial charge in [0.05, 0.1) is 0 Å². The molecule has 0 heterocycles. The number of hydrogen-bond donors (Lipinski definition) is 0. The molecule has 1 rings (SSSR count). The van der Waals surface area contributed by atoms with E-state index >= 15 is 0 Å². The summed E-state index contributed by atoms with van der Waals surface area (Å²) in [5.74, 6) is 0. The third-order valence-corrected chi connectivity index (χ3v) is 5.93. The minimum absolute atomic E-state index is 0.137. The van der Waals surface area contributed by atoms with Crippen LogP contribution in [0.15, 0.2) is 30.3 Å². The van der Waals surface area contributed by atoms with Gasteiger partial charge in [-0.25, -0.2) is 0 Å². The summed E-state index contributed by atoms with van der Waals surface area (Å²) >= 11 is -0.298. The number of hydrogen-bond acceptors (Lipinski definition) is 1. The van der Waals surface area contributed by atoms with E-state index in [-0.39, 0.29) is 27.2 Å². The fourth-order valence-electron chi connectivity index (χ4n) is 2.04. The predicted octanol–water partition coefficient (Wildman–Crippen LogP) is 2.02. The Morgan fingerprint density at radius 2 is 1.67 bits per heavy atom. The molecule has 0 spiro atoms. The Morgan fingerprint density at radius 1 is 1.00 bits per heavy atom. The molecule has 18 heavy (non-hydrogen) atoms. The molecular formula is C16H26IO-. The van der Waals surface area contributed by atoms with Gasteiger partial charge < -0.3 is 0 Å². The fraction of sp³-hybridized carbons (Fsp3) is 0.625. The topological polar surface area (TPSA) is 9.23 Å². The Kier molecular flexibility index (Phi) is 7.91. The van der Waals surface area contributed by atoms with E-state index in [2.05, 4.69) is 51.1 Å². The third-order valence-electron chi connectivity index (χ3n) is 3.55. The number of rotatable bonds is 9. The number of benzene rings is 1. The van der Waals surface area contributed by atoms with Crippen molar-refractivity contribution in [3.8, 4) is 0 Å². The van der Waals surface area contributed by atoms with Crippen molar-refractivity contribution in [1.29, 1.82) is 0 Å². The fourth-order valence-corrected chi connectivity index (χ4v) is 4.31. The normalized spacial score (nSPS) is 11.9. The van der Waals surface area contributed by atoms with Crippen molar-refractivity contribution < 1.29 is 24.7 Å². The van der Waals surface area contributed by atoms with E-state index in [0.29, 0.717) is 0 Å². The summed E-state index contributed by atoms with van der Waals surface area (Å²) in [7, 11) is 0. The average molecular weight is 361 g/mol. The average Bonchev–Trinajstić information content (AvgIpc) is 2.44. The van der Waals surface area contributed by atoms with Gasteiger partial charge in [0.25, 0.3) is 0 Å². The molecular weight excluding hydrogens is 335 g/mol. The molecule has 0 aliphatic heterocycles. The van der Waals surface area contributed by atoms with E-state index in [0.717, 1.165) is 12.8 Å². The standard InChI is InChI=1S/C16H26IO/c1-4-7-11-14-16(5-2,6-3)18-17-15-12-9-8-10-13-15/h8-10,12-13H,4-7,11,14H2,1-3H3/q-1. The van der Waals surface area contributed by atoms with Crippen molar-refractivity contribution in [3.05, 3.63) is 33.9 Å². The van der Waals surface area contributed by atoms with E-state index in [1.54, 1.807) is 0 Å². The molecule has 0 aliphatic rings. The molecule has 104 valence electrons. The van der Waals surface area contributed by atoms with Crippen molar-refractivity contribution in [2.24, 2.45) is 0 Å². The summed E-state index contributed by atoms with van der Waals surface area (Å²) in [6.45, 7) is 6.80. The zero-order valence-corrected chi connectivity index (χ0v) is 14.1. The first-order chi connectivity index (χ1) is 8.76. The van der Waals surface area contributed by atoms with Crippen molar-refractivity contribution in [2.75, 3.05) is 0 Å². The minimum atomic E-state index is -0.298. The van der Waals surface area contributed by atoms with Crippen LogP contribution in [-0.4, -0.2) is 5.60 Å². The zero-order valence-electron chi connectivity index (χ0n) is 11.9. The van der Waals surface area contributed by atoms with E-state index in [9.17, 15) is 0 Å². The number of halogens is 1. The van der Waals surface area contributed by atoms with Crippen LogP contribution in [0.25, 0.3) is 0 Å². The maximum atomic E-state index is 6.37. The van der Waals surface area contributed by atoms with Crippen LogP contribution in [0.1, 0.15) is 59.3 Å². The molecule has 0 N–H and O–H groups in total. The first kappa shape index (κ1) is 16.0. The van der Waals surface area contributed by atoms with Gasteiger partial charge in [-0.3, -0.25) is 0 Å². The van der Waals surface area contributed by atoms with Gasteiger partial charge in [0, 0.05) is 0 Å². The van der Waals surface area contributed by atoms with Crippen LogP contribution >= 0.6 is 0 Å². The Morgan fingerprint density at radius 3 is 2.22 bits per heavy atom. The molecule has 0 saturated carbocycles. The Bertz CT molecular complexity index is 306. The maximum absolute atomic E-state index is 6.37. The Balaban J connectivity index is 2.50. The van der Waals surface area contributed by atoms with Crippen LogP contribution in [-0.2, 0) is 3.07 Å². The van der Waals surface area contributed by atoms with Gasteiger partial charge in [-0.15, -0.1) is 0 Å². The molecule has 0 saturated heterocycles. The third kappa shape index (κ3) is 5.27. The molecule has 0 bridgehead atoms. The summed E-state index contributed by atoms with van der Waals surface area (Å²) in [6.07, 6.45) is 7.42. The summed E-state index contributed by atoms with van der Waals surface area (Å²) in [4.78, 5) is 0. The van der Waals surface area contributed by atoms with Gasteiger partial charge in [-0.05, 0) is 0 Å². The second-order valence-corrected chi connectivity index (χ2v) is 6.92. The molecule has 1 aromatic rings. The van der Waals surface area contributed by atoms with Crippen LogP contribution in [0.5, 0.6) is 0 Å². The van der Waals surface area contributed by atoms with Crippen LogP contribution in [0.2, 0.25) is 0 Å². The van der Waals surface area contributed by atoms with Gasteiger partial charge in [0.2, 0.25) is 0 Å². The summed E-state index contributed by atoms with van der Waals surface area (Å²) in [5.41, 5.74) is 0.137. The zero-order chi connectivity index (χ0) is 13.3. The Hall–Kier alpha value is -0.0900. The van der Waals surface area contributed by atoms with Gasteiger partial charge in [0.15, 0.2) is 0 Å². The van der Waals surface area contributed by atoms with Crippen LogP contribution < -0.4 is 21.6 Å². The van der Waals surface area contributed by atoms with Gasteiger partial charge in [-0.1, -0.05) is 0 Å². The van der Waals surface area contributed by atoms with Crippen molar-refractivity contribution in [1.82, 2.24) is 0 Å². The van der Waals surface area contributed by atoms with Gasteiger partial charge in [-0.2, -0.15) is 0 Å². The molecule has 0 unspecified atom stereocenters. The second-order valence-electron chi connectivity index (χ2n) is 4.80. The van der Waals surface area contributed by atoms with Crippen molar-refractivity contribution in [3.63, 3.8) is 0 Å². The first-order valence-electron chi connectivity index (χ1n) is 7.14. The SMILES string of the molecule is CCCCCC(CC)(CC)O[I-]c1ccccc1. The molecule has 0 aromatic heterocycles. The molecule has 0 atom stereocenters. The van der Waals surface area contributed by atoms with E-state index in [1.807, 2.05) is 0 Å². The van der Waals surface area contributed by atoms with Crippen LogP contribution in [0.4, 0.5) is 0 Å². The monoisotopic (exact) mass is 361 g/mol. The van der Waals surface area contributed by atoms with Crippen molar-refractivity contribution in [2.45, 2.75) is 64.9 Å². The van der Waals surface area contributed by atoms with E-state index < -0.39 is 0 Å². The molecule has 0 aliphatic carbocycles. The Labute approximate surface area is 123 Å². The first-order valence-corrected chi connectivity index (χ1v) is 9.10. The van der Waals surface area contributed by atoms with Gasteiger partial charge >= 0.3 is 123 Å². The molecule has 0 fully saturated rings. The molecule has 1 nitrogen and oxygen atoms in total. The molecule has 0 amide bonds. The van der Waals surface area contributed by atoms with Gasteiger partial charge in [0.1, 0.15) is 0 Å². The summed E-state index contributed by atoms with van der Waals surface area (Å²) in [6, 6.07) is 10.7. The van der Waals surface area contributed by atoms with Crippen LogP contribution in [0, 0.1) is 3.57 Å². The molecule has 1 aromatic carbocycles. The van der Waals surface area contributed by atoms with E-state index in [4.69, 9.17) is 3.07 Å². The summed E-state index contributed by atoms with van der Waals surface area (Å²) in [5, 5.41) is 0. The number of unbranched alkanes of at least 4 members (excludes halogenated alkanes) is 2. The summed E-state index contributed by atoms with van der Waals surface area (Å²) < 4.78 is 7.76. The van der Waals surface area contributed by atoms with E-state index in [1.165, 1.54) is 29.3 Å². The van der Waals surface area contributed by atoms with Crippen LogP contribution in [0.3, 0.4) is 0 Å². The molecule has 0 radical (unpaired) electrons. The quantitative estimate of drug-likeness (QED) is 0.483. The molecule has 2 heteroatoms. The second kappa shape index (κ2) is 8.92. The predicted molar refractivity (Wildman–Crippen MR) is 73.7 cm³/mol.